The third kappa shape index (κ3) is 3.62. The first-order chi connectivity index (χ1) is 13.0. The first kappa shape index (κ1) is 17.1. The van der Waals surface area contributed by atoms with E-state index in [-0.39, 0.29) is 30.3 Å². The van der Waals surface area contributed by atoms with Gasteiger partial charge in [0.05, 0.1) is 11.3 Å². The zero-order chi connectivity index (χ0) is 18.9. The lowest BCUT2D eigenvalue weighted by molar-refractivity contribution is -0.117. The maximum absolute atomic E-state index is 12.5. The van der Waals surface area contributed by atoms with Gasteiger partial charge in [-0.3, -0.25) is 4.79 Å². The summed E-state index contributed by atoms with van der Waals surface area (Å²) in [6.07, 6.45) is 9.54. The van der Waals surface area contributed by atoms with E-state index in [1.165, 1.54) is 17.3 Å². The zero-order valence-corrected chi connectivity index (χ0v) is 14.9. The summed E-state index contributed by atoms with van der Waals surface area (Å²) >= 11 is 0. The van der Waals surface area contributed by atoms with Crippen LogP contribution in [0.3, 0.4) is 0 Å². The van der Waals surface area contributed by atoms with Crippen molar-refractivity contribution in [3.05, 3.63) is 60.5 Å². The number of aromatic nitrogens is 4. The molecule has 2 aliphatic rings. The van der Waals surface area contributed by atoms with Gasteiger partial charge < -0.3 is 10.2 Å². The molecule has 0 saturated carbocycles. The molecule has 10 nitrogen and oxygen atoms in total. The number of amides is 1. The third-order valence-electron chi connectivity index (χ3n) is 4.02. The van der Waals surface area contributed by atoms with Crippen LogP contribution in [0.15, 0.2) is 59.3 Å². The molecule has 2 aromatic heterocycles. The quantitative estimate of drug-likeness (QED) is 0.772. The Morgan fingerprint density at radius 1 is 1.30 bits per heavy atom. The van der Waals surface area contributed by atoms with Gasteiger partial charge in [-0.2, -0.15) is 5.10 Å². The van der Waals surface area contributed by atoms with Crippen LogP contribution in [-0.4, -0.2) is 57.1 Å². The molecule has 1 amide bonds. The smallest absolute Gasteiger partial charge is 0.256 e. The van der Waals surface area contributed by atoms with E-state index in [4.69, 9.17) is 0 Å². The highest BCUT2D eigenvalue weighted by Gasteiger charge is 2.29. The van der Waals surface area contributed by atoms with Crippen LogP contribution in [0, 0.1) is 0 Å². The number of nitrogens with one attached hydrogen (secondary N) is 1. The summed E-state index contributed by atoms with van der Waals surface area (Å²) in [5.41, 5.74) is 1.00. The van der Waals surface area contributed by atoms with Crippen molar-refractivity contribution in [3.8, 4) is 5.82 Å². The number of carbonyl (C=O) groups excluding carboxylic acids is 1. The molecule has 2 aromatic rings. The number of allylic oxidation sites excluding steroid dienone is 2. The number of rotatable bonds is 4. The third-order valence-corrected chi connectivity index (χ3v) is 5.17. The Morgan fingerprint density at radius 2 is 2.19 bits per heavy atom. The molecule has 11 heteroatoms. The van der Waals surface area contributed by atoms with E-state index in [1.54, 1.807) is 35.5 Å². The molecule has 2 aliphatic heterocycles. The Balaban J connectivity index is 1.45. The second-order valence-electron chi connectivity index (χ2n) is 5.86. The lowest BCUT2D eigenvalue weighted by Crippen LogP contribution is -2.42. The number of carbonyl (C=O) groups is 1. The Labute approximate surface area is 155 Å². The molecule has 0 saturated heterocycles. The normalized spacial score (nSPS) is 17.7. The van der Waals surface area contributed by atoms with Crippen molar-refractivity contribution in [1.82, 2.24) is 30.0 Å². The first-order valence-corrected chi connectivity index (χ1v) is 9.69. The van der Waals surface area contributed by atoms with Gasteiger partial charge in [0.2, 0.25) is 0 Å². The molecule has 0 unspecified atom stereocenters. The van der Waals surface area contributed by atoms with Gasteiger partial charge in [-0.05, 0) is 23.8 Å². The van der Waals surface area contributed by atoms with Crippen LogP contribution in [0.4, 0.5) is 0 Å². The Bertz CT molecular complexity index is 1050. The number of pyridine rings is 1. The van der Waals surface area contributed by atoms with E-state index in [0.717, 1.165) is 5.56 Å². The minimum absolute atomic E-state index is 0.0699. The average molecular weight is 385 g/mol. The molecule has 4 rings (SSSR count). The molecule has 0 fully saturated rings. The van der Waals surface area contributed by atoms with Gasteiger partial charge in [0, 0.05) is 25.5 Å². The minimum Gasteiger partial charge on any atom is -0.348 e. The summed E-state index contributed by atoms with van der Waals surface area (Å²) < 4.78 is 28.8. The number of fused-ring (bicyclic) bond motifs is 1. The molecule has 0 spiro atoms. The van der Waals surface area contributed by atoms with E-state index < -0.39 is 15.9 Å². The number of sulfonamides is 1. The number of nitrogens with zero attached hydrogens (tertiary/aromatic N) is 6. The topological polar surface area (TPSA) is 122 Å². The molecule has 0 aromatic carbocycles. The molecular formula is C16H15N7O3S. The largest absolute Gasteiger partial charge is 0.348 e. The van der Waals surface area contributed by atoms with E-state index in [2.05, 4.69) is 24.8 Å². The predicted molar refractivity (Wildman–Crippen MR) is 96.2 cm³/mol. The summed E-state index contributed by atoms with van der Waals surface area (Å²) in [5.74, 6) is 0.293. The highest BCUT2D eigenvalue weighted by atomic mass is 32.2. The van der Waals surface area contributed by atoms with Gasteiger partial charge in [-0.15, -0.1) is 4.40 Å². The minimum atomic E-state index is -3.54. The Hall–Kier alpha value is -3.34. The van der Waals surface area contributed by atoms with Gasteiger partial charge in [0.25, 0.3) is 15.9 Å². The fourth-order valence-corrected chi connectivity index (χ4v) is 3.64. The van der Waals surface area contributed by atoms with E-state index in [0.29, 0.717) is 5.82 Å². The van der Waals surface area contributed by atoms with Gasteiger partial charge >= 0.3 is 0 Å². The van der Waals surface area contributed by atoms with E-state index >= 15 is 0 Å². The molecule has 138 valence electrons. The SMILES string of the molecule is O=C(NCc1ccc(-n2cncn2)nc1)C1=CC=CN2CCS(=O)(=O)N=C12. The van der Waals surface area contributed by atoms with Crippen LogP contribution < -0.4 is 5.32 Å². The lowest BCUT2D eigenvalue weighted by atomic mass is 10.1. The lowest BCUT2D eigenvalue weighted by Gasteiger charge is -2.28. The van der Waals surface area contributed by atoms with Crippen LogP contribution in [0.5, 0.6) is 0 Å². The number of hydrogen-bond donors (Lipinski definition) is 1. The van der Waals surface area contributed by atoms with Crippen LogP contribution in [0.25, 0.3) is 5.82 Å². The second-order valence-corrected chi connectivity index (χ2v) is 7.62. The van der Waals surface area contributed by atoms with Gasteiger partial charge in [-0.1, -0.05) is 6.07 Å². The van der Waals surface area contributed by atoms with Crippen LogP contribution >= 0.6 is 0 Å². The van der Waals surface area contributed by atoms with Crippen molar-refractivity contribution in [2.45, 2.75) is 6.54 Å². The molecule has 4 heterocycles. The zero-order valence-electron chi connectivity index (χ0n) is 14.1. The number of hydrogen-bond acceptors (Lipinski definition) is 7. The fraction of sp³-hybridized carbons (Fsp3) is 0.188. The van der Waals surface area contributed by atoms with Crippen molar-refractivity contribution in [2.24, 2.45) is 4.40 Å². The highest BCUT2D eigenvalue weighted by Crippen LogP contribution is 2.18. The maximum atomic E-state index is 12.5. The van der Waals surface area contributed by atoms with Crippen molar-refractivity contribution < 1.29 is 13.2 Å². The summed E-state index contributed by atoms with van der Waals surface area (Å²) in [5, 5.41) is 6.76. The average Bonchev–Trinajstić information content (AvgIpc) is 3.20. The van der Waals surface area contributed by atoms with E-state index in [1.807, 2.05) is 6.07 Å². The van der Waals surface area contributed by atoms with Crippen LogP contribution in [0.2, 0.25) is 0 Å². The van der Waals surface area contributed by atoms with Gasteiger partial charge in [-0.25, -0.2) is 23.1 Å². The molecule has 1 N–H and O–H groups in total. The van der Waals surface area contributed by atoms with Crippen molar-refractivity contribution in [1.29, 1.82) is 0 Å². The van der Waals surface area contributed by atoms with Gasteiger partial charge in [0.15, 0.2) is 11.7 Å². The van der Waals surface area contributed by atoms with Crippen molar-refractivity contribution in [3.63, 3.8) is 0 Å². The monoisotopic (exact) mass is 385 g/mol. The van der Waals surface area contributed by atoms with Crippen LogP contribution in [0.1, 0.15) is 5.56 Å². The number of amidine groups is 1. The van der Waals surface area contributed by atoms with Crippen LogP contribution in [-0.2, 0) is 21.4 Å². The molecule has 0 radical (unpaired) electrons. The summed E-state index contributed by atoms with van der Waals surface area (Å²) in [4.78, 5) is 22.3. The fourth-order valence-electron chi connectivity index (χ4n) is 2.65. The summed E-state index contributed by atoms with van der Waals surface area (Å²) in [7, 11) is -3.54. The Kier molecular flexibility index (Phi) is 4.28. The predicted octanol–water partition coefficient (Wildman–Crippen LogP) is -0.224. The van der Waals surface area contributed by atoms with Gasteiger partial charge in [0.1, 0.15) is 12.7 Å². The summed E-state index contributed by atoms with van der Waals surface area (Å²) in [6, 6.07) is 3.58. The summed E-state index contributed by atoms with van der Waals surface area (Å²) in [6.45, 7) is 0.514. The highest BCUT2D eigenvalue weighted by molar-refractivity contribution is 7.90. The van der Waals surface area contributed by atoms with Crippen molar-refractivity contribution >= 4 is 21.8 Å². The second kappa shape index (κ2) is 6.76. The van der Waals surface area contributed by atoms with Crippen molar-refractivity contribution in [2.75, 3.05) is 12.3 Å². The Morgan fingerprint density at radius 3 is 2.93 bits per heavy atom. The molecule has 0 atom stereocenters. The van der Waals surface area contributed by atoms with E-state index in [9.17, 15) is 13.2 Å². The first-order valence-electron chi connectivity index (χ1n) is 8.08. The maximum Gasteiger partial charge on any atom is 0.256 e. The molecule has 0 bridgehead atoms. The molecule has 27 heavy (non-hydrogen) atoms. The molecular weight excluding hydrogens is 370 g/mol. The molecule has 0 aliphatic carbocycles. The standard InChI is InChI=1S/C16H15N7O3S/c24-16(13-2-1-5-22-6-7-27(25,26)21-15(13)22)19-9-12-3-4-14(18-8-12)23-11-17-10-20-23/h1-5,8,10-11H,6-7,9H2,(H,19,24).